The van der Waals surface area contributed by atoms with Crippen LogP contribution in [0.5, 0.6) is 0 Å². The average Bonchev–Trinajstić information content (AvgIpc) is 2.23. The van der Waals surface area contributed by atoms with Crippen molar-refractivity contribution in [1.82, 2.24) is 0 Å². The Morgan fingerprint density at radius 1 is 1.07 bits per heavy atom. The number of ether oxygens (including phenoxy) is 3. The fraction of sp³-hybridized carbons (Fsp3) is 0.889. The molecule has 0 heterocycles. The maximum atomic E-state index is 10.2. The van der Waals surface area contributed by atoms with E-state index in [0.717, 1.165) is 0 Å². The van der Waals surface area contributed by atoms with Gasteiger partial charge in [-0.15, -0.1) is 0 Å². The van der Waals surface area contributed by atoms with Gasteiger partial charge in [-0.1, -0.05) is 0 Å². The van der Waals surface area contributed by atoms with E-state index < -0.39 is 0 Å². The van der Waals surface area contributed by atoms with Crippen LogP contribution in [-0.4, -0.2) is 62.9 Å². The first-order valence-corrected chi connectivity index (χ1v) is 4.60. The summed E-state index contributed by atoms with van der Waals surface area (Å²) in [6.45, 7) is 2.98. The lowest BCUT2D eigenvalue weighted by molar-refractivity contribution is -0.142. The predicted molar refractivity (Wildman–Crippen MR) is 53.5 cm³/mol. The molecule has 0 atom stereocenters. The molecule has 0 aromatic carbocycles. The molecule has 0 spiro atoms. The third kappa shape index (κ3) is 24.7. The van der Waals surface area contributed by atoms with Crippen LogP contribution < -0.4 is 0 Å². The molecule has 0 aliphatic heterocycles. The van der Waals surface area contributed by atoms with Crippen molar-refractivity contribution in [3.05, 3.63) is 0 Å². The smallest absolute Gasteiger partial charge is 0.302 e. The summed E-state index contributed by atoms with van der Waals surface area (Å²) in [7, 11) is 1.61. The van der Waals surface area contributed by atoms with E-state index in [-0.39, 0.29) is 19.2 Å². The van der Waals surface area contributed by atoms with Crippen molar-refractivity contribution in [2.75, 3.05) is 46.8 Å². The van der Waals surface area contributed by atoms with Crippen LogP contribution in [0.3, 0.4) is 0 Å². The van der Waals surface area contributed by atoms with Crippen molar-refractivity contribution >= 4 is 5.97 Å². The zero-order valence-corrected chi connectivity index (χ0v) is 9.27. The van der Waals surface area contributed by atoms with E-state index in [9.17, 15) is 4.79 Å². The Kier molecular flexibility index (Phi) is 17.6. The highest BCUT2D eigenvalue weighted by Gasteiger charge is 1.91. The molecule has 15 heavy (non-hydrogen) atoms. The van der Waals surface area contributed by atoms with Gasteiger partial charge in [0.25, 0.3) is 0 Å². The molecule has 2 N–H and O–H groups in total. The molecule has 92 valence electrons. The second-order valence-electron chi connectivity index (χ2n) is 2.39. The van der Waals surface area contributed by atoms with Crippen molar-refractivity contribution < 1.29 is 29.2 Å². The van der Waals surface area contributed by atoms with Crippen molar-refractivity contribution in [3.63, 3.8) is 0 Å². The molecule has 0 aliphatic rings. The summed E-state index contributed by atoms with van der Waals surface area (Å²) in [6.07, 6.45) is 0. The normalized spacial score (nSPS) is 9.07. The lowest BCUT2D eigenvalue weighted by Crippen LogP contribution is -2.10. The SMILES string of the molecule is COCCOCCOC(C)=O.OCCO. The quantitative estimate of drug-likeness (QED) is 0.434. The molecule has 0 unspecified atom stereocenters. The summed E-state index contributed by atoms with van der Waals surface area (Å²) in [5, 5.41) is 15.2. The molecule has 0 aliphatic carbocycles. The zero-order valence-electron chi connectivity index (χ0n) is 9.27. The minimum Gasteiger partial charge on any atom is -0.463 e. The highest BCUT2D eigenvalue weighted by Crippen LogP contribution is 1.79. The number of carbonyl (C=O) groups is 1. The predicted octanol–water partition coefficient (Wildman–Crippen LogP) is -0.816. The minimum absolute atomic E-state index is 0.125. The number of methoxy groups -OCH3 is 1. The molecule has 0 amide bonds. The topological polar surface area (TPSA) is 85.2 Å². The van der Waals surface area contributed by atoms with Gasteiger partial charge in [0.15, 0.2) is 0 Å². The Labute approximate surface area is 89.8 Å². The van der Waals surface area contributed by atoms with Gasteiger partial charge in [0.05, 0.1) is 33.0 Å². The number of aliphatic hydroxyl groups excluding tert-OH is 2. The molecule has 0 bridgehead atoms. The highest BCUT2D eigenvalue weighted by molar-refractivity contribution is 5.65. The molecular weight excluding hydrogens is 204 g/mol. The van der Waals surface area contributed by atoms with Crippen LogP contribution >= 0.6 is 0 Å². The number of aliphatic hydroxyl groups is 2. The Bertz CT molecular complexity index is 126. The highest BCUT2D eigenvalue weighted by atomic mass is 16.6. The van der Waals surface area contributed by atoms with E-state index in [2.05, 4.69) is 4.74 Å². The van der Waals surface area contributed by atoms with Crippen molar-refractivity contribution in [2.45, 2.75) is 6.92 Å². The first-order valence-electron chi connectivity index (χ1n) is 4.60. The Morgan fingerprint density at radius 3 is 2.00 bits per heavy atom. The molecule has 6 heteroatoms. The minimum atomic E-state index is -0.277. The lowest BCUT2D eigenvalue weighted by atomic mass is 10.7. The fourth-order valence-electron chi connectivity index (χ4n) is 0.489. The van der Waals surface area contributed by atoms with Crippen molar-refractivity contribution in [3.8, 4) is 0 Å². The first-order chi connectivity index (χ1) is 7.18. The maximum Gasteiger partial charge on any atom is 0.302 e. The first kappa shape index (κ1) is 16.7. The molecule has 0 radical (unpaired) electrons. The molecule has 0 saturated carbocycles. The molecule has 0 fully saturated rings. The van der Waals surface area contributed by atoms with E-state index >= 15 is 0 Å². The van der Waals surface area contributed by atoms with Crippen LogP contribution in [0, 0.1) is 0 Å². The van der Waals surface area contributed by atoms with E-state index in [4.69, 9.17) is 19.7 Å². The standard InChI is InChI=1S/C7H14O4.C2H6O2/c1-7(8)11-6-5-10-4-3-9-2;3-1-2-4/h3-6H2,1-2H3;3-4H,1-2H2. The van der Waals surface area contributed by atoms with E-state index in [1.165, 1.54) is 6.92 Å². The van der Waals surface area contributed by atoms with Gasteiger partial charge in [-0.25, -0.2) is 0 Å². The van der Waals surface area contributed by atoms with Gasteiger partial charge in [-0.2, -0.15) is 0 Å². The van der Waals surface area contributed by atoms with Crippen molar-refractivity contribution in [1.29, 1.82) is 0 Å². The van der Waals surface area contributed by atoms with Crippen LogP contribution in [0.1, 0.15) is 6.92 Å². The van der Waals surface area contributed by atoms with E-state index in [1.54, 1.807) is 7.11 Å². The molecule has 0 saturated heterocycles. The van der Waals surface area contributed by atoms with Crippen LogP contribution in [0.25, 0.3) is 0 Å². The third-order valence-corrected chi connectivity index (χ3v) is 1.06. The monoisotopic (exact) mass is 224 g/mol. The Balaban J connectivity index is 0. The maximum absolute atomic E-state index is 10.2. The molecule has 0 aromatic heterocycles. The summed E-state index contributed by atoms with van der Waals surface area (Å²) in [4.78, 5) is 10.2. The van der Waals surface area contributed by atoms with Gasteiger partial charge in [-0.3, -0.25) is 4.79 Å². The Hall–Kier alpha value is -0.690. The summed E-state index contributed by atoms with van der Waals surface area (Å²) in [6, 6.07) is 0. The number of hydrogen-bond acceptors (Lipinski definition) is 6. The van der Waals surface area contributed by atoms with Crippen molar-refractivity contribution in [2.24, 2.45) is 0 Å². The zero-order chi connectivity index (χ0) is 11.9. The molecule has 6 nitrogen and oxygen atoms in total. The van der Waals surface area contributed by atoms with Gasteiger partial charge in [0.1, 0.15) is 6.61 Å². The number of esters is 1. The van der Waals surface area contributed by atoms with Crippen LogP contribution in [0.15, 0.2) is 0 Å². The van der Waals surface area contributed by atoms with E-state index in [0.29, 0.717) is 26.4 Å². The van der Waals surface area contributed by atoms with Crippen LogP contribution in [0.2, 0.25) is 0 Å². The molecular formula is C9H20O6. The fourth-order valence-corrected chi connectivity index (χ4v) is 0.489. The second-order valence-corrected chi connectivity index (χ2v) is 2.39. The molecule has 0 rings (SSSR count). The van der Waals surface area contributed by atoms with Gasteiger partial charge in [0, 0.05) is 14.0 Å². The summed E-state index contributed by atoms with van der Waals surface area (Å²) in [5.74, 6) is -0.277. The third-order valence-electron chi connectivity index (χ3n) is 1.06. The van der Waals surface area contributed by atoms with E-state index in [1.807, 2.05) is 0 Å². The number of carbonyl (C=O) groups excluding carboxylic acids is 1. The second kappa shape index (κ2) is 15.8. The number of rotatable bonds is 7. The summed E-state index contributed by atoms with van der Waals surface area (Å²) >= 11 is 0. The van der Waals surface area contributed by atoms with Gasteiger partial charge >= 0.3 is 5.97 Å². The largest absolute Gasteiger partial charge is 0.463 e. The van der Waals surface area contributed by atoms with Crippen LogP contribution in [-0.2, 0) is 19.0 Å². The summed E-state index contributed by atoms with van der Waals surface area (Å²) in [5.41, 5.74) is 0. The van der Waals surface area contributed by atoms with Gasteiger partial charge in [0.2, 0.25) is 0 Å². The van der Waals surface area contributed by atoms with Crippen LogP contribution in [0.4, 0.5) is 0 Å². The lowest BCUT2D eigenvalue weighted by Gasteiger charge is -2.02. The average molecular weight is 224 g/mol. The van der Waals surface area contributed by atoms with Gasteiger partial charge in [-0.05, 0) is 0 Å². The summed E-state index contributed by atoms with van der Waals surface area (Å²) < 4.78 is 14.4. The van der Waals surface area contributed by atoms with Gasteiger partial charge < -0.3 is 24.4 Å². The Morgan fingerprint density at radius 2 is 1.60 bits per heavy atom. The number of hydrogen-bond donors (Lipinski definition) is 2. The molecule has 0 aromatic rings.